The monoisotopic (exact) mass is 271 g/mol. The lowest BCUT2D eigenvalue weighted by molar-refractivity contribution is 0.0526. The van der Waals surface area contributed by atoms with Crippen molar-refractivity contribution in [3.05, 3.63) is 47.8 Å². The number of nitrogen functional groups attached to an aromatic ring is 1. The average molecular weight is 271 g/mol. The topological polar surface area (TPSA) is 77.2 Å². The molecule has 0 aliphatic rings. The van der Waals surface area contributed by atoms with Crippen molar-refractivity contribution < 1.29 is 9.53 Å². The molecule has 0 bridgehead atoms. The van der Waals surface area contributed by atoms with Gasteiger partial charge in [-0.05, 0) is 43.7 Å². The van der Waals surface area contributed by atoms with Crippen molar-refractivity contribution in [3.63, 3.8) is 0 Å². The van der Waals surface area contributed by atoms with Crippen molar-refractivity contribution in [2.45, 2.75) is 13.8 Å². The van der Waals surface area contributed by atoms with E-state index in [1.165, 1.54) is 0 Å². The van der Waals surface area contributed by atoms with Gasteiger partial charge in [0.1, 0.15) is 0 Å². The number of carbonyl (C=O) groups excluding carboxylic acids is 1. The van der Waals surface area contributed by atoms with Gasteiger partial charge >= 0.3 is 5.97 Å². The van der Waals surface area contributed by atoms with Crippen molar-refractivity contribution in [2.24, 2.45) is 0 Å². The van der Waals surface area contributed by atoms with E-state index in [4.69, 9.17) is 10.5 Å². The molecular formula is C15H17N3O2. The molecule has 1 aromatic carbocycles. The first-order valence-corrected chi connectivity index (χ1v) is 6.36. The maximum Gasteiger partial charge on any atom is 0.338 e. The molecule has 1 aromatic heterocycles. The van der Waals surface area contributed by atoms with Crippen LogP contribution in [0, 0.1) is 6.92 Å². The first-order valence-electron chi connectivity index (χ1n) is 6.36. The van der Waals surface area contributed by atoms with E-state index in [0.29, 0.717) is 17.9 Å². The highest BCUT2D eigenvalue weighted by Crippen LogP contribution is 2.25. The Morgan fingerprint density at radius 1 is 1.35 bits per heavy atom. The van der Waals surface area contributed by atoms with Gasteiger partial charge in [0, 0.05) is 6.20 Å². The highest BCUT2D eigenvalue weighted by atomic mass is 16.5. The fraction of sp³-hybridized carbons (Fsp3) is 0.200. The molecule has 0 unspecified atom stereocenters. The second-order valence-electron chi connectivity index (χ2n) is 4.34. The number of aromatic nitrogens is 1. The number of hydrogen-bond acceptors (Lipinski definition) is 5. The number of ether oxygens (including phenoxy) is 1. The Bertz CT molecular complexity index is 626. The summed E-state index contributed by atoms with van der Waals surface area (Å²) in [5, 5.41) is 3.20. The molecule has 1 heterocycles. The molecule has 0 spiro atoms. The lowest BCUT2D eigenvalue weighted by Gasteiger charge is -2.12. The Hall–Kier alpha value is -2.56. The number of nitrogens with one attached hydrogen (secondary N) is 1. The third kappa shape index (κ3) is 3.06. The molecule has 0 amide bonds. The van der Waals surface area contributed by atoms with E-state index in [1.807, 2.05) is 13.0 Å². The van der Waals surface area contributed by atoms with E-state index in [1.54, 1.807) is 37.5 Å². The molecule has 5 heteroatoms. The summed E-state index contributed by atoms with van der Waals surface area (Å²) < 4.78 is 4.94. The minimum absolute atomic E-state index is 0.341. The van der Waals surface area contributed by atoms with Crippen molar-refractivity contribution in [1.29, 1.82) is 0 Å². The van der Waals surface area contributed by atoms with Gasteiger partial charge in [-0.25, -0.2) is 4.79 Å². The summed E-state index contributed by atoms with van der Waals surface area (Å²) in [6.45, 7) is 4.09. The standard InChI is InChI=1S/C15H17N3O2/c1-3-20-15(19)11-4-5-13(12(16)8-11)18-14-9-17-7-6-10(14)2/h4-9,18H,3,16H2,1-2H3. The zero-order valence-corrected chi connectivity index (χ0v) is 11.5. The van der Waals surface area contributed by atoms with E-state index < -0.39 is 0 Å². The Balaban J connectivity index is 2.22. The van der Waals surface area contributed by atoms with E-state index in [0.717, 1.165) is 16.9 Å². The van der Waals surface area contributed by atoms with Crippen LogP contribution in [-0.2, 0) is 4.74 Å². The molecule has 0 aliphatic heterocycles. The van der Waals surface area contributed by atoms with Gasteiger partial charge in [0.25, 0.3) is 0 Å². The lowest BCUT2D eigenvalue weighted by atomic mass is 10.1. The van der Waals surface area contributed by atoms with Gasteiger partial charge in [0.15, 0.2) is 0 Å². The predicted octanol–water partition coefficient (Wildman–Crippen LogP) is 2.89. The quantitative estimate of drug-likeness (QED) is 0.660. The van der Waals surface area contributed by atoms with E-state index in [2.05, 4.69) is 10.3 Å². The number of nitrogens with zero attached hydrogens (tertiary/aromatic N) is 1. The van der Waals surface area contributed by atoms with Gasteiger partial charge in [-0.3, -0.25) is 4.98 Å². The van der Waals surface area contributed by atoms with Gasteiger partial charge in [0.2, 0.25) is 0 Å². The van der Waals surface area contributed by atoms with Gasteiger partial charge in [-0.2, -0.15) is 0 Å². The van der Waals surface area contributed by atoms with Crippen LogP contribution in [0.2, 0.25) is 0 Å². The van der Waals surface area contributed by atoms with Crippen LogP contribution in [0.4, 0.5) is 17.1 Å². The minimum Gasteiger partial charge on any atom is -0.462 e. The van der Waals surface area contributed by atoms with Gasteiger partial charge in [-0.15, -0.1) is 0 Å². The Labute approximate surface area is 117 Å². The Kier molecular flexibility index (Phi) is 4.20. The summed E-state index contributed by atoms with van der Waals surface area (Å²) in [7, 11) is 0. The molecule has 2 aromatic rings. The first kappa shape index (κ1) is 13.9. The van der Waals surface area contributed by atoms with Gasteiger partial charge < -0.3 is 15.8 Å². The molecule has 0 saturated carbocycles. The fourth-order valence-corrected chi connectivity index (χ4v) is 1.76. The molecule has 104 valence electrons. The summed E-state index contributed by atoms with van der Waals surface area (Å²) >= 11 is 0. The third-order valence-corrected chi connectivity index (χ3v) is 2.87. The molecule has 0 fully saturated rings. The zero-order valence-electron chi connectivity index (χ0n) is 11.5. The summed E-state index contributed by atoms with van der Waals surface area (Å²) in [6, 6.07) is 6.95. The van der Waals surface area contributed by atoms with Crippen LogP contribution in [0.1, 0.15) is 22.8 Å². The first-order chi connectivity index (χ1) is 9.61. The highest BCUT2D eigenvalue weighted by molar-refractivity contribution is 5.92. The summed E-state index contributed by atoms with van der Waals surface area (Å²) in [5.41, 5.74) is 9.56. The average Bonchev–Trinajstić information content (AvgIpc) is 2.43. The smallest absolute Gasteiger partial charge is 0.338 e. The molecule has 3 N–H and O–H groups in total. The van der Waals surface area contributed by atoms with Crippen LogP contribution in [0.25, 0.3) is 0 Å². The van der Waals surface area contributed by atoms with Crippen LogP contribution < -0.4 is 11.1 Å². The Morgan fingerprint density at radius 3 is 2.80 bits per heavy atom. The summed E-state index contributed by atoms with van der Waals surface area (Å²) in [4.78, 5) is 15.7. The van der Waals surface area contributed by atoms with Crippen LogP contribution in [0.3, 0.4) is 0 Å². The number of hydrogen-bond donors (Lipinski definition) is 2. The number of esters is 1. The summed E-state index contributed by atoms with van der Waals surface area (Å²) in [5.74, 6) is -0.372. The molecule has 2 rings (SSSR count). The predicted molar refractivity (Wildman–Crippen MR) is 79.1 cm³/mol. The number of nitrogens with two attached hydrogens (primary N) is 1. The maximum atomic E-state index is 11.6. The van der Waals surface area contributed by atoms with Crippen molar-refractivity contribution in [2.75, 3.05) is 17.7 Å². The largest absolute Gasteiger partial charge is 0.462 e. The fourth-order valence-electron chi connectivity index (χ4n) is 1.76. The number of benzene rings is 1. The third-order valence-electron chi connectivity index (χ3n) is 2.87. The van der Waals surface area contributed by atoms with Crippen LogP contribution in [0.5, 0.6) is 0 Å². The molecule has 0 atom stereocenters. The highest BCUT2D eigenvalue weighted by Gasteiger charge is 2.09. The molecule has 0 saturated heterocycles. The maximum absolute atomic E-state index is 11.6. The zero-order chi connectivity index (χ0) is 14.5. The van der Waals surface area contributed by atoms with Crippen molar-refractivity contribution in [3.8, 4) is 0 Å². The molecule has 0 radical (unpaired) electrons. The number of pyridine rings is 1. The number of rotatable bonds is 4. The molecular weight excluding hydrogens is 254 g/mol. The van der Waals surface area contributed by atoms with Crippen molar-refractivity contribution in [1.82, 2.24) is 4.98 Å². The molecule has 0 aliphatic carbocycles. The van der Waals surface area contributed by atoms with Crippen molar-refractivity contribution >= 4 is 23.0 Å². The minimum atomic E-state index is -0.372. The number of aryl methyl sites for hydroxylation is 1. The second-order valence-corrected chi connectivity index (χ2v) is 4.34. The second kappa shape index (κ2) is 6.06. The number of carbonyl (C=O) groups is 1. The normalized spacial score (nSPS) is 10.1. The van der Waals surface area contributed by atoms with Gasteiger partial charge in [-0.1, -0.05) is 0 Å². The summed E-state index contributed by atoms with van der Waals surface area (Å²) in [6.07, 6.45) is 3.46. The molecule has 20 heavy (non-hydrogen) atoms. The van der Waals surface area contributed by atoms with Crippen LogP contribution >= 0.6 is 0 Å². The number of anilines is 3. The molecule has 5 nitrogen and oxygen atoms in total. The van der Waals surface area contributed by atoms with Crippen LogP contribution in [-0.4, -0.2) is 17.6 Å². The lowest BCUT2D eigenvalue weighted by Crippen LogP contribution is -2.06. The SMILES string of the molecule is CCOC(=O)c1ccc(Nc2cnccc2C)c(N)c1. The van der Waals surface area contributed by atoms with Crippen LogP contribution in [0.15, 0.2) is 36.7 Å². The van der Waals surface area contributed by atoms with E-state index in [9.17, 15) is 4.79 Å². The van der Waals surface area contributed by atoms with E-state index >= 15 is 0 Å². The Morgan fingerprint density at radius 2 is 2.15 bits per heavy atom. The van der Waals surface area contributed by atoms with E-state index in [-0.39, 0.29) is 5.97 Å². The van der Waals surface area contributed by atoms with Gasteiger partial charge in [0.05, 0.1) is 35.4 Å².